The van der Waals surface area contributed by atoms with Crippen LogP contribution in [0.4, 0.5) is 0 Å². The zero-order valence-electron chi connectivity index (χ0n) is 14.4. The lowest BCUT2D eigenvalue weighted by Crippen LogP contribution is -2.26. The molecule has 8 nitrogen and oxygen atoms in total. The highest BCUT2D eigenvalue weighted by Gasteiger charge is 2.21. The van der Waals surface area contributed by atoms with Gasteiger partial charge in [-0.3, -0.25) is 4.68 Å². The number of nitrogens with one attached hydrogen (secondary N) is 1. The molecule has 1 aromatic heterocycles. The Morgan fingerprint density at radius 1 is 1.23 bits per heavy atom. The zero-order chi connectivity index (χ0) is 18.6. The molecular formula is C17H22N4O4S. The number of rotatable bonds is 8. The Labute approximate surface area is 152 Å². The molecule has 0 radical (unpaired) electrons. The van der Waals surface area contributed by atoms with Crippen LogP contribution in [0.2, 0.25) is 0 Å². The fourth-order valence-electron chi connectivity index (χ4n) is 3.19. The maximum Gasteiger partial charge on any atom is 0.358 e. The average molecular weight is 378 g/mol. The number of carboxylic acid groups (broad SMARTS) is 1. The number of hydrogen-bond acceptors (Lipinski definition) is 5. The Morgan fingerprint density at radius 2 is 2.04 bits per heavy atom. The Hall–Kier alpha value is -2.26. The summed E-state index contributed by atoms with van der Waals surface area (Å²) in [6.07, 6.45) is 6.53. The van der Waals surface area contributed by atoms with Crippen LogP contribution in [0.25, 0.3) is 0 Å². The van der Waals surface area contributed by atoms with E-state index in [2.05, 4.69) is 15.0 Å². The molecule has 1 aliphatic rings. The number of sulfonamides is 1. The number of aryl methyl sites for hydroxylation is 2. The summed E-state index contributed by atoms with van der Waals surface area (Å²) in [6, 6.07) is 5.50. The highest BCUT2D eigenvalue weighted by atomic mass is 32.2. The molecular weight excluding hydrogens is 356 g/mol. The molecule has 2 aromatic rings. The fourth-order valence-corrected chi connectivity index (χ4v) is 4.57. The molecule has 0 spiro atoms. The number of hydrogen-bond donors (Lipinski definition) is 2. The molecule has 0 saturated heterocycles. The summed E-state index contributed by atoms with van der Waals surface area (Å²) < 4.78 is 29.3. The molecule has 26 heavy (non-hydrogen) atoms. The van der Waals surface area contributed by atoms with Crippen molar-refractivity contribution in [2.45, 2.75) is 50.0 Å². The van der Waals surface area contributed by atoms with Gasteiger partial charge in [0.15, 0.2) is 5.69 Å². The van der Waals surface area contributed by atoms with E-state index in [9.17, 15) is 13.2 Å². The lowest BCUT2D eigenvalue weighted by molar-refractivity contribution is 0.0690. The molecule has 1 aliphatic carbocycles. The number of fused-ring (bicyclic) bond motifs is 1. The van der Waals surface area contributed by atoms with Crippen molar-refractivity contribution in [1.29, 1.82) is 0 Å². The van der Waals surface area contributed by atoms with E-state index in [4.69, 9.17) is 5.11 Å². The summed E-state index contributed by atoms with van der Waals surface area (Å²) in [7, 11) is -3.52. The quantitative estimate of drug-likeness (QED) is 0.675. The Morgan fingerprint density at radius 3 is 2.81 bits per heavy atom. The van der Waals surface area contributed by atoms with E-state index in [1.807, 2.05) is 12.1 Å². The maximum absolute atomic E-state index is 12.6. The standard InChI is InChI=1S/C17H22N4O4S/c22-17(23)15-12-21(20-19-15)11-4-3-10-18-26(24,25)16-9-5-7-13-6-1-2-8-14(13)16/h5,7,9,12,18H,1-4,6,8,10-11H2,(H,22,23). The van der Waals surface area contributed by atoms with Crippen molar-refractivity contribution in [2.24, 2.45) is 0 Å². The highest BCUT2D eigenvalue weighted by Crippen LogP contribution is 2.27. The molecule has 0 aliphatic heterocycles. The molecule has 0 bridgehead atoms. The van der Waals surface area contributed by atoms with Crippen LogP contribution in [0, 0.1) is 0 Å². The average Bonchev–Trinajstić information content (AvgIpc) is 3.10. The van der Waals surface area contributed by atoms with E-state index >= 15 is 0 Å². The first kappa shape index (κ1) is 18.5. The van der Waals surface area contributed by atoms with Crippen LogP contribution in [0.1, 0.15) is 47.3 Å². The van der Waals surface area contributed by atoms with Crippen molar-refractivity contribution >= 4 is 16.0 Å². The molecule has 9 heteroatoms. The van der Waals surface area contributed by atoms with Gasteiger partial charge in [0.25, 0.3) is 0 Å². The van der Waals surface area contributed by atoms with Crippen molar-refractivity contribution in [3.8, 4) is 0 Å². The van der Waals surface area contributed by atoms with Crippen LogP contribution >= 0.6 is 0 Å². The molecule has 2 N–H and O–H groups in total. The van der Waals surface area contributed by atoms with Gasteiger partial charge >= 0.3 is 5.97 Å². The van der Waals surface area contributed by atoms with Crippen molar-refractivity contribution in [1.82, 2.24) is 19.7 Å². The maximum atomic E-state index is 12.6. The van der Waals surface area contributed by atoms with E-state index in [0.29, 0.717) is 30.8 Å². The number of benzene rings is 1. The third-order valence-corrected chi connectivity index (χ3v) is 6.05. The first-order chi connectivity index (χ1) is 12.5. The van der Waals surface area contributed by atoms with E-state index in [1.165, 1.54) is 10.9 Å². The van der Waals surface area contributed by atoms with Crippen molar-refractivity contribution in [3.63, 3.8) is 0 Å². The van der Waals surface area contributed by atoms with Gasteiger partial charge in [-0.2, -0.15) is 0 Å². The van der Waals surface area contributed by atoms with Crippen molar-refractivity contribution in [3.05, 3.63) is 41.2 Å². The van der Waals surface area contributed by atoms with Gasteiger partial charge < -0.3 is 5.11 Å². The number of aromatic carboxylic acids is 1. The third-order valence-electron chi connectivity index (χ3n) is 4.51. The van der Waals surface area contributed by atoms with E-state index in [0.717, 1.165) is 36.8 Å². The van der Waals surface area contributed by atoms with Gasteiger partial charge in [-0.25, -0.2) is 17.9 Å². The van der Waals surface area contributed by atoms with Gasteiger partial charge in [0.1, 0.15) is 0 Å². The van der Waals surface area contributed by atoms with Crippen LogP contribution in [-0.4, -0.2) is 41.0 Å². The molecule has 0 atom stereocenters. The van der Waals surface area contributed by atoms with Crippen LogP contribution in [0.3, 0.4) is 0 Å². The second kappa shape index (κ2) is 7.96. The van der Waals surface area contributed by atoms with Crippen LogP contribution in [-0.2, 0) is 29.4 Å². The number of nitrogens with zero attached hydrogens (tertiary/aromatic N) is 3. The molecule has 0 amide bonds. The monoisotopic (exact) mass is 378 g/mol. The summed E-state index contributed by atoms with van der Waals surface area (Å²) in [4.78, 5) is 11.1. The lowest BCUT2D eigenvalue weighted by atomic mass is 9.92. The van der Waals surface area contributed by atoms with Gasteiger partial charge in [-0.15, -0.1) is 5.10 Å². The summed E-state index contributed by atoms with van der Waals surface area (Å²) in [5.74, 6) is -1.12. The van der Waals surface area contributed by atoms with Crippen molar-refractivity contribution in [2.75, 3.05) is 6.54 Å². The van der Waals surface area contributed by atoms with Gasteiger partial charge in [0.05, 0.1) is 11.1 Å². The van der Waals surface area contributed by atoms with Gasteiger partial charge in [-0.05, 0) is 55.7 Å². The normalized spacial score (nSPS) is 14.2. The second-order valence-corrected chi connectivity index (χ2v) is 8.11. The summed E-state index contributed by atoms with van der Waals surface area (Å²) in [6.45, 7) is 0.815. The number of unbranched alkanes of at least 4 members (excludes halogenated alkanes) is 1. The topological polar surface area (TPSA) is 114 Å². The minimum absolute atomic E-state index is 0.0976. The van der Waals surface area contributed by atoms with Crippen molar-refractivity contribution < 1.29 is 18.3 Å². The van der Waals surface area contributed by atoms with E-state index in [1.54, 1.807) is 6.07 Å². The van der Waals surface area contributed by atoms with Crippen LogP contribution in [0.15, 0.2) is 29.3 Å². The summed E-state index contributed by atoms with van der Waals surface area (Å²) in [5, 5.41) is 16.1. The number of aromatic nitrogens is 3. The third kappa shape index (κ3) is 4.28. The summed E-state index contributed by atoms with van der Waals surface area (Å²) in [5.41, 5.74) is 1.99. The first-order valence-corrected chi connectivity index (χ1v) is 10.2. The minimum atomic E-state index is -3.52. The number of carboxylic acids is 1. The Balaban J connectivity index is 1.52. The lowest BCUT2D eigenvalue weighted by Gasteiger charge is -2.19. The smallest absolute Gasteiger partial charge is 0.358 e. The number of carbonyl (C=O) groups is 1. The minimum Gasteiger partial charge on any atom is -0.476 e. The second-order valence-electron chi connectivity index (χ2n) is 6.38. The molecule has 3 rings (SSSR count). The molecule has 0 unspecified atom stereocenters. The Bertz CT molecular complexity index is 892. The molecule has 0 fully saturated rings. The van der Waals surface area contributed by atoms with Gasteiger partial charge in [-0.1, -0.05) is 17.3 Å². The first-order valence-electron chi connectivity index (χ1n) is 8.71. The molecule has 1 aromatic carbocycles. The molecule has 0 saturated carbocycles. The SMILES string of the molecule is O=C(O)c1cn(CCCCNS(=O)(=O)c2cccc3c2CCCC3)nn1. The zero-order valence-corrected chi connectivity index (χ0v) is 15.2. The predicted molar refractivity (Wildman–Crippen MR) is 94.5 cm³/mol. The molecule has 140 valence electrons. The fraction of sp³-hybridized carbons (Fsp3) is 0.471. The van der Waals surface area contributed by atoms with Gasteiger partial charge in [0.2, 0.25) is 10.0 Å². The largest absolute Gasteiger partial charge is 0.476 e. The predicted octanol–water partition coefficient (Wildman–Crippen LogP) is 1.61. The Kier molecular flexibility index (Phi) is 5.67. The van der Waals surface area contributed by atoms with Crippen LogP contribution < -0.4 is 4.72 Å². The molecule has 1 heterocycles. The van der Waals surface area contributed by atoms with E-state index < -0.39 is 16.0 Å². The summed E-state index contributed by atoms with van der Waals surface area (Å²) >= 11 is 0. The van der Waals surface area contributed by atoms with E-state index in [-0.39, 0.29) is 5.69 Å². The highest BCUT2D eigenvalue weighted by molar-refractivity contribution is 7.89. The van der Waals surface area contributed by atoms with Gasteiger partial charge in [0, 0.05) is 13.1 Å². The van der Waals surface area contributed by atoms with Crippen LogP contribution in [0.5, 0.6) is 0 Å².